The molecule has 5 rings (SSSR count). The minimum absolute atomic E-state index is 0.000529. The number of aromatic amines is 1. The molecule has 36 heavy (non-hydrogen) atoms. The van der Waals surface area contributed by atoms with E-state index in [1.54, 1.807) is 30.6 Å². The van der Waals surface area contributed by atoms with Crippen molar-refractivity contribution in [1.29, 1.82) is 5.41 Å². The Bertz CT molecular complexity index is 1410. The van der Waals surface area contributed by atoms with Gasteiger partial charge in [-0.2, -0.15) is 0 Å². The van der Waals surface area contributed by atoms with Crippen LogP contribution in [0.2, 0.25) is 0 Å². The largest absolute Gasteiger partial charge is 0.488 e. The molecule has 0 saturated carbocycles. The van der Waals surface area contributed by atoms with Crippen LogP contribution in [0.4, 0.5) is 5.69 Å². The lowest BCUT2D eigenvalue weighted by molar-refractivity contribution is 0.141. The number of benzene rings is 2. The van der Waals surface area contributed by atoms with Crippen molar-refractivity contribution in [2.24, 2.45) is 5.73 Å². The molecular weight excluding hydrogens is 460 g/mol. The van der Waals surface area contributed by atoms with Crippen LogP contribution in [0.5, 0.6) is 5.75 Å². The van der Waals surface area contributed by atoms with Crippen LogP contribution < -0.4 is 21.5 Å². The van der Waals surface area contributed by atoms with E-state index in [2.05, 4.69) is 25.4 Å². The highest BCUT2D eigenvalue weighted by Gasteiger charge is 2.23. The standard InChI is InChI=1S/C25H26N8O3/c1-15-11-17(13-20(12-15)36-19-7-10-35-14-19)21(30-18-5-3-16(4-6-18)22(26)27)23-31-25(34)33(32-23)24-28-8-2-9-29-24/h2-6,8-9,11-13,19,21,30H,7,10,14H2,1H3,(H3,26,27)(H,31,32,34). The van der Waals surface area contributed by atoms with Crippen LogP contribution in [-0.2, 0) is 4.74 Å². The lowest BCUT2D eigenvalue weighted by atomic mass is 10.0. The van der Waals surface area contributed by atoms with Crippen LogP contribution in [-0.4, -0.2) is 49.9 Å². The van der Waals surface area contributed by atoms with Gasteiger partial charge in [-0.3, -0.25) is 10.4 Å². The van der Waals surface area contributed by atoms with Gasteiger partial charge < -0.3 is 20.5 Å². The molecule has 184 valence electrons. The fourth-order valence-electron chi connectivity index (χ4n) is 4.04. The molecule has 0 amide bonds. The van der Waals surface area contributed by atoms with Crippen molar-refractivity contribution >= 4 is 11.5 Å². The summed E-state index contributed by atoms with van der Waals surface area (Å²) in [6.07, 6.45) is 3.93. The quantitative estimate of drug-likeness (QED) is 0.218. The van der Waals surface area contributed by atoms with Crippen molar-refractivity contribution in [3.63, 3.8) is 0 Å². The smallest absolute Gasteiger partial charge is 0.350 e. The molecule has 1 aliphatic heterocycles. The van der Waals surface area contributed by atoms with Crippen molar-refractivity contribution < 1.29 is 9.47 Å². The second-order valence-electron chi connectivity index (χ2n) is 8.53. The number of amidine groups is 1. The highest BCUT2D eigenvalue weighted by atomic mass is 16.5. The number of hydrogen-bond donors (Lipinski definition) is 4. The molecule has 0 bridgehead atoms. The molecule has 2 aromatic heterocycles. The minimum Gasteiger partial charge on any atom is -0.488 e. The van der Waals surface area contributed by atoms with Crippen molar-refractivity contribution in [1.82, 2.24) is 24.7 Å². The van der Waals surface area contributed by atoms with E-state index in [-0.39, 0.29) is 17.9 Å². The van der Waals surface area contributed by atoms with E-state index in [4.69, 9.17) is 20.6 Å². The van der Waals surface area contributed by atoms with E-state index in [9.17, 15) is 4.79 Å². The lowest BCUT2D eigenvalue weighted by Gasteiger charge is -2.21. The molecule has 2 aromatic carbocycles. The summed E-state index contributed by atoms with van der Waals surface area (Å²) < 4.78 is 12.7. The SMILES string of the molecule is Cc1cc(OC2CCOC2)cc(C(Nc2ccc(C(=N)N)cc2)c2nn(-c3ncccn3)c(=O)[nH]2)c1. The van der Waals surface area contributed by atoms with Gasteiger partial charge in [-0.15, -0.1) is 9.78 Å². The first kappa shape index (κ1) is 23.2. The number of nitrogen functional groups attached to an aromatic ring is 1. The predicted octanol–water partition coefficient (Wildman–Crippen LogP) is 2.31. The number of ether oxygens (including phenoxy) is 2. The molecule has 0 aliphatic carbocycles. The van der Waals surface area contributed by atoms with E-state index < -0.39 is 11.7 Å². The molecule has 0 radical (unpaired) electrons. The van der Waals surface area contributed by atoms with Gasteiger partial charge in [0.1, 0.15) is 23.7 Å². The molecule has 1 fully saturated rings. The van der Waals surface area contributed by atoms with Gasteiger partial charge in [0, 0.05) is 30.1 Å². The van der Waals surface area contributed by atoms with Gasteiger partial charge in [-0.1, -0.05) is 6.07 Å². The summed E-state index contributed by atoms with van der Waals surface area (Å²) in [4.78, 5) is 23.9. The van der Waals surface area contributed by atoms with E-state index in [1.165, 1.54) is 0 Å². The summed E-state index contributed by atoms with van der Waals surface area (Å²) in [6.45, 7) is 3.23. The van der Waals surface area contributed by atoms with Crippen LogP contribution >= 0.6 is 0 Å². The maximum Gasteiger partial charge on any atom is 0.350 e. The monoisotopic (exact) mass is 486 g/mol. The fraction of sp³-hybridized carbons (Fsp3) is 0.240. The first-order valence-electron chi connectivity index (χ1n) is 11.5. The van der Waals surface area contributed by atoms with E-state index >= 15 is 0 Å². The van der Waals surface area contributed by atoms with Crippen molar-refractivity contribution in [2.75, 3.05) is 18.5 Å². The number of rotatable bonds is 8. The molecule has 2 atom stereocenters. The third kappa shape index (κ3) is 5.10. The zero-order chi connectivity index (χ0) is 25.1. The van der Waals surface area contributed by atoms with Gasteiger partial charge in [0.15, 0.2) is 5.82 Å². The second kappa shape index (κ2) is 10.0. The van der Waals surface area contributed by atoms with Gasteiger partial charge in [-0.25, -0.2) is 14.8 Å². The molecule has 5 N–H and O–H groups in total. The maximum atomic E-state index is 12.8. The predicted molar refractivity (Wildman–Crippen MR) is 134 cm³/mol. The zero-order valence-corrected chi connectivity index (χ0v) is 19.6. The maximum absolute atomic E-state index is 12.8. The number of aromatic nitrogens is 5. The number of hydrogen-bond acceptors (Lipinski definition) is 8. The van der Waals surface area contributed by atoms with Gasteiger partial charge in [0.2, 0.25) is 0 Å². The summed E-state index contributed by atoms with van der Waals surface area (Å²) in [6, 6.07) is 14.2. The van der Waals surface area contributed by atoms with Crippen LogP contribution in [0, 0.1) is 12.3 Å². The van der Waals surface area contributed by atoms with Crippen molar-refractivity contribution in [3.8, 4) is 11.7 Å². The Balaban J connectivity index is 1.54. The van der Waals surface area contributed by atoms with Crippen LogP contribution in [0.15, 0.2) is 65.7 Å². The van der Waals surface area contributed by atoms with Crippen molar-refractivity contribution in [2.45, 2.75) is 25.5 Å². The highest BCUT2D eigenvalue weighted by Crippen LogP contribution is 2.29. The third-order valence-corrected chi connectivity index (χ3v) is 5.75. The van der Waals surface area contributed by atoms with E-state index in [1.807, 2.05) is 37.3 Å². The van der Waals surface area contributed by atoms with Gasteiger partial charge in [0.05, 0.1) is 13.2 Å². The normalized spacial score (nSPS) is 16.0. The Kier molecular flexibility index (Phi) is 6.46. The first-order chi connectivity index (χ1) is 17.5. The average molecular weight is 487 g/mol. The summed E-state index contributed by atoms with van der Waals surface area (Å²) in [7, 11) is 0. The summed E-state index contributed by atoms with van der Waals surface area (Å²) >= 11 is 0. The molecule has 1 saturated heterocycles. The molecule has 11 heteroatoms. The second-order valence-corrected chi connectivity index (χ2v) is 8.53. The van der Waals surface area contributed by atoms with Gasteiger partial charge in [-0.05, 0) is 60.5 Å². The topological polar surface area (TPSA) is 157 Å². The highest BCUT2D eigenvalue weighted by molar-refractivity contribution is 5.95. The molecule has 11 nitrogen and oxygen atoms in total. The number of nitrogens with zero attached hydrogens (tertiary/aromatic N) is 4. The molecule has 0 spiro atoms. The fourth-order valence-corrected chi connectivity index (χ4v) is 4.04. The number of nitrogens with one attached hydrogen (secondary N) is 3. The summed E-state index contributed by atoms with van der Waals surface area (Å²) in [5.41, 5.74) is 8.34. The van der Waals surface area contributed by atoms with E-state index in [0.717, 1.165) is 27.9 Å². The van der Waals surface area contributed by atoms with Crippen molar-refractivity contribution in [3.05, 3.63) is 93.9 Å². The van der Waals surface area contributed by atoms with Gasteiger partial charge >= 0.3 is 5.69 Å². The zero-order valence-electron chi connectivity index (χ0n) is 19.6. The Labute approximate surface area is 206 Å². The van der Waals surface area contributed by atoms with Crippen LogP contribution in [0.25, 0.3) is 5.95 Å². The molecule has 1 aliphatic rings. The summed E-state index contributed by atoms with van der Waals surface area (Å²) in [5.74, 6) is 1.25. The van der Waals surface area contributed by atoms with Gasteiger partial charge in [0.25, 0.3) is 5.95 Å². The Morgan fingerprint density at radius 3 is 2.72 bits per heavy atom. The van der Waals surface area contributed by atoms with Crippen LogP contribution in [0.3, 0.4) is 0 Å². The molecule has 3 heterocycles. The third-order valence-electron chi connectivity index (χ3n) is 5.75. The number of anilines is 1. The molecule has 4 aromatic rings. The lowest BCUT2D eigenvalue weighted by Crippen LogP contribution is -2.18. The number of aryl methyl sites for hydroxylation is 1. The molecular formula is C25H26N8O3. The Morgan fingerprint density at radius 2 is 2.03 bits per heavy atom. The minimum atomic E-state index is -0.534. The average Bonchev–Trinajstić information content (AvgIpc) is 3.52. The number of nitrogens with two attached hydrogens (primary N) is 1. The summed E-state index contributed by atoms with van der Waals surface area (Å²) in [5, 5.41) is 15.6. The Hall–Kier alpha value is -4.51. The van der Waals surface area contributed by atoms with Crippen LogP contribution in [0.1, 0.15) is 35.0 Å². The van der Waals surface area contributed by atoms with E-state index in [0.29, 0.717) is 30.4 Å². The Morgan fingerprint density at radius 1 is 1.25 bits per heavy atom. The molecule has 2 unspecified atom stereocenters. The number of H-pyrrole nitrogens is 1. The first-order valence-corrected chi connectivity index (χ1v) is 11.5.